The van der Waals surface area contributed by atoms with Gasteiger partial charge in [0, 0.05) is 29.0 Å². The molecule has 162 valence electrons. The Morgan fingerprint density at radius 2 is 1.93 bits per heavy atom. The summed E-state index contributed by atoms with van der Waals surface area (Å²) >= 11 is 3.62. The van der Waals surface area contributed by atoms with Gasteiger partial charge in [0.05, 0.1) is 6.10 Å². The molecule has 7 atom stereocenters. The highest BCUT2D eigenvalue weighted by Gasteiger charge is 2.60. The lowest BCUT2D eigenvalue weighted by molar-refractivity contribution is -0.121. The Morgan fingerprint density at radius 1 is 1.13 bits per heavy atom. The van der Waals surface area contributed by atoms with Gasteiger partial charge in [-0.3, -0.25) is 4.79 Å². The molecule has 0 aliphatic heterocycles. The third-order valence-electron chi connectivity index (χ3n) is 9.49. The van der Waals surface area contributed by atoms with Crippen LogP contribution in [0.5, 0.6) is 0 Å². The molecule has 2 N–H and O–H groups in total. The summed E-state index contributed by atoms with van der Waals surface area (Å²) in [5.74, 6) is 2.34. The Kier molecular flexibility index (Phi) is 5.17. The maximum absolute atomic E-state index is 13.2. The number of aliphatic hydroxyl groups excluding tert-OH is 1. The highest BCUT2D eigenvalue weighted by atomic mass is 79.9. The van der Waals surface area contributed by atoms with Crippen LogP contribution in [0.1, 0.15) is 58.8 Å². The zero-order chi connectivity index (χ0) is 21.1. The van der Waals surface area contributed by atoms with Crippen LogP contribution in [0.15, 0.2) is 40.4 Å². The van der Waals surface area contributed by atoms with Crippen molar-refractivity contribution in [2.24, 2.45) is 34.5 Å². The predicted octanol–water partition coefficient (Wildman–Crippen LogP) is 5.98. The molecule has 0 spiro atoms. The Morgan fingerprint density at radius 3 is 2.73 bits per heavy atom. The van der Waals surface area contributed by atoms with Gasteiger partial charge >= 0.3 is 0 Å². The number of carbonyl (C=O) groups is 1. The molecule has 30 heavy (non-hydrogen) atoms. The number of hydrogen-bond donors (Lipinski definition) is 2. The van der Waals surface area contributed by atoms with Crippen molar-refractivity contribution in [3.8, 4) is 0 Å². The highest BCUT2D eigenvalue weighted by Crippen LogP contribution is 2.65. The van der Waals surface area contributed by atoms with Crippen LogP contribution in [0.4, 0.5) is 5.69 Å². The van der Waals surface area contributed by atoms with Crippen LogP contribution in [-0.2, 0) is 4.79 Å². The number of anilines is 1. The number of aliphatic hydroxyl groups is 1. The molecule has 3 fully saturated rings. The van der Waals surface area contributed by atoms with Gasteiger partial charge in [0.1, 0.15) is 5.78 Å². The number of fused-ring (bicyclic) bond motifs is 5. The summed E-state index contributed by atoms with van der Waals surface area (Å²) in [5, 5.41) is 13.8. The minimum atomic E-state index is -0.157. The van der Waals surface area contributed by atoms with E-state index in [1.807, 2.05) is 18.2 Å². The molecule has 0 heterocycles. The second-order valence-electron chi connectivity index (χ2n) is 10.8. The first-order chi connectivity index (χ1) is 14.3. The SMILES string of the molecule is C[C@]12CC[C@H]3[C@@H](CC=C4C[C@@H](O)CC[C@@]43C)[C@@H]1CC(=O)[C@@H]2CNc1ccccc1Br. The van der Waals surface area contributed by atoms with Crippen LogP contribution >= 0.6 is 15.9 Å². The minimum absolute atomic E-state index is 0.0990. The van der Waals surface area contributed by atoms with Crippen molar-refractivity contribution in [1.29, 1.82) is 0 Å². The Hall–Kier alpha value is -1.13. The Bertz CT molecular complexity index is 882. The van der Waals surface area contributed by atoms with E-state index < -0.39 is 0 Å². The molecule has 4 heteroatoms. The lowest BCUT2D eigenvalue weighted by Gasteiger charge is -2.57. The number of benzene rings is 1. The second-order valence-corrected chi connectivity index (χ2v) is 11.6. The average Bonchev–Trinajstić information content (AvgIpc) is 2.98. The summed E-state index contributed by atoms with van der Waals surface area (Å²) in [6, 6.07) is 8.17. The van der Waals surface area contributed by atoms with Crippen molar-refractivity contribution in [1.82, 2.24) is 0 Å². The first kappa shape index (κ1) is 20.8. The van der Waals surface area contributed by atoms with Crippen molar-refractivity contribution >= 4 is 27.4 Å². The van der Waals surface area contributed by atoms with Crippen molar-refractivity contribution in [2.75, 3.05) is 11.9 Å². The minimum Gasteiger partial charge on any atom is -0.393 e. The van der Waals surface area contributed by atoms with Crippen molar-refractivity contribution in [2.45, 2.75) is 64.9 Å². The van der Waals surface area contributed by atoms with Gasteiger partial charge in [-0.15, -0.1) is 0 Å². The van der Waals surface area contributed by atoms with Gasteiger partial charge in [-0.2, -0.15) is 0 Å². The quantitative estimate of drug-likeness (QED) is 0.532. The van der Waals surface area contributed by atoms with Gasteiger partial charge in [0.15, 0.2) is 0 Å². The number of allylic oxidation sites excluding steroid dienone is 1. The molecular formula is C26H34BrNO2. The van der Waals surface area contributed by atoms with E-state index in [9.17, 15) is 9.90 Å². The van der Waals surface area contributed by atoms with E-state index in [2.05, 4.69) is 47.2 Å². The standard InChI is InChI=1S/C26H34BrNO2/c1-25-11-9-17(29)13-16(25)7-8-18-19(25)10-12-26(2)20(18)14-24(30)21(26)15-28-23-6-4-3-5-22(23)27/h3-7,17-21,28-29H,8-15H2,1-2H3/t17-,18+,19-,20-,21-,25-,26-/m0/s1. The number of carbonyl (C=O) groups excluding carboxylic acids is 1. The number of ketones is 1. The fourth-order valence-electron chi connectivity index (χ4n) is 7.70. The highest BCUT2D eigenvalue weighted by molar-refractivity contribution is 9.10. The van der Waals surface area contributed by atoms with E-state index in [4.69, 9.17) is 0 Å². The van der Waals surface area contributed by atoms with E-state index in [1.165, 1.54) is 12.0 Å². The maximum atomic E-state index is 13.2. The topological polar surface area (TPSA) is 49.3 Å². The normalized spacial score (nSPS) is 42.7. The first-order valence-electron chi connectivity index (χ1n) is 11.7. The third-order valence-corrected chi connectivity index (χ3v) is 10.2. The molecule has 4 aliphatic carbocycles. The molecule has 0 unspecified atom stereocenters. The van der Waals surface area contributed by atoms with E-state index >= 15 is 0 Å². The number of para-hydroxylation sites is 1. The number of hydrogen-bond acceptors (Lipinski definition) is 3. The Labute approximate surface area is 188 Å². The van der Waals surface area contributed by atoms with Crippen molar-refractivity contribution < 1.29 is 9.90 Å². The molecule has 1 aromatic rings. The maximum Gasteiger partial charge on any atom is 0.138 e. The Balaban J connectivity index is 1.38. The zero-order valence-electron chi connectivity index (χ0n) is 18.2. The number of Topliss-reactive ketones (excluding diaryl/α,β-unsaturated/α-hetero) is 1. The predicted molar refractivity (Wildman–Crippen MR) is 124 cm³/mol. The molecule has 0 bridgehead atoms. The molecule has 0 aromatic heterocycles. The molecule has 1 aromatic carbocycles. The molecule has 0 amide bonds. The van der Waals surface area contributed by atoms with Gasteiger partial charge in [0.25, 0.3) is 0 Å². The number of halogens is 1. The summed E-state index contributed by atoms with van der Waals surface area (Å²) in [6.45, 7) is 5.58. The van der Waals surface area contributed by atoms with Crippen LogP contribution in [0.3, 0.4) is 0 Å². The molecule has 3 nitrogen and oxygen atoms in total. The van der Waals surface area contributed by atoms with Crippen molar-refractivity contribution in [3.63, 3.8) is 0 Å². The monoisotopic (exact) mass is 471 g/mol. The fourth-order valence-corrected chi connectivity index (χ4v) is 8.12. The summed E-state index contributed by atoms with van der Waals surface area (Å²) in [7, 11) is 0. The van der Waals surface area contributed by atoms with Gasteiger partial charge in [-0.05, 0) is 95.2 Å². The lowest BCUT2D eigenvalue weighted by Crippen LogP contribution is -2.51. The summed E-state index contributed by atoms with van der Waals surface area (Å²) in [4.78, 5) is 13.2. The van der Waals surface area contributed by atoms with Crippen LogP contribution in [0.25, 0.3) is 0 Å². The zero-order valence-corrected chi connectivity index (χ0v) is 19.7. The lowest BCUT2D eigenvalue weighted by atomic mass is 9.47. The summed E-state index contributed by atoms with van der Waals surface area (Å²) in [6.07, 6.45) is 9.41. The molecule has 4 aliphatic rings. The largest absolute Gasteiger partial charge is 0.393 e. The second kappa shape index (κ2) is 7.48. The summed E-state index contributed by atoms with van der Waals surface area (Å²) < 4.78 is 1.05. The van der Waals surface area contributed by atoms with Gasteiger partial charge in [0.2, 0.25) is 0 Å². The molecule has 0 radical (unpaired) electrons. The van der Waals surface area contributed by atoms with Gasteiger partial charge in [-0.25, -0.2) is 0 Å². The molecule has 5 rings (SSSR count). The van der Waals surface area contributed by atoms with Gasteiger partial charge < -0.3 is 10.4 Å². The van der Waals surface area contributed by atoms with Crippen LogP contribution in [-0.4, -0.2) is 23.5 Å². The molecular weight excluding hydrogens is 438 g/mol. The average molecular weight is 472 g/mol. The fraction of sp³-hybridized carbons (Fsp3) is 0.654. The molecule has 3 saturated carbocycles. The van der Waals surface area contributed by atoms with Gasteiger partial charge in [-0.1, -0.05) is 37.6 Å². The van der Waals surface area contributed by atoms with E-state index in [0.29, 0.717) is 23.5 Å². The summed E-state index contributed by atoms with van der Waals surface area (Å²) in [5.41, 5.74) is 2.91. The van der Waals surface area contributed by atoms with E-state index in [1.54, 1.807) is 0 Å². The number of nitrogens with one attached hydrogen (secondary N) is 1. The number of rotatable bonds is 3. The van der Waals surface area contributed by atoms with E-state index in [0.717, 1.165) is 55.2 Å². The first-order valence-corrected chi connectivity index (χ1v) is 12.5. The van der Waals surface area contributed by atoms with Crippen molar-refractivity contribution in [3.05, 3.63) is 40.4 Å². The molecule has 0 saturated heterocycles. The smallest absolute Gasteiger partial charge is 0.138 e. The van der Waals surface area contributed by atoms with Crippen LogP contribution < -0.4 is 5.32 Å². The third kappa shape index (κ3) is 3.12. The van der Waals surface area contributed by atoms with Crippen LogP contribution in [0, 0.1) is 34.5 Å². The van der Waals surface area contributed by atoms with E-state index in [-0.39, 0.29) is 22.9 Å². The van der Waals surface area contributed by atoms with Crippen LogP contribution in [0.2, 0.25) is 0 Å².